The van der Waals surface area contributed by atoms with E-state index in [-0.39, 0.29) is 0 Å². The molecule has 0 aliphatic carbocycles. The zero-order valence-corrected chi connectivity index (χ0v) is 15.0. The fourth-order valence-electron chi connectivity index (χ4n) is 2.52. The van der Waals surface area contributed by atoms with E-state index in [1.165, 1.54) is 11.9 Å². The van der Waals surface area contributed by atoms with Gasteiger partial charge >= 0.3 is 0 Å². The molecule has 0 saturated carbocycles. The number of aryl methyl sites for hydroxylation is 1. The summed E-state index contributed by atoms with van der Waals surface area (Å²) < 4.78 is 1.82. The molecule has 2 aromatic carbocycles. The van der Waals surface area contributed by atoms with Gasteiger partial charge in [-0.3, -0.25) is 10.0 Å². The van der Waals surface area contributed by atoms with Crippen LogP contribution in [0.3, 0.4) is 0 Å². The van der Waals surface area contributed by atoms with Crippen LogP contribution < -0.4 is 10.8 Å². The van der Waals surface area contributed by atoms with Crippen molar-refractivity contribution in [3.05, 3.63) is 57.6 Å². The minimum Gasteiger partial charge on any atom is -0.360 e. The Kier molecular flexibility index (Phi) is 5.22. The van der Waals surface area contributed by atoms with Crippen molar-refractivity contribution in [2.75, 3.05) is 5.32 Å². The average molecular weight is 384 g/mol. The van der Waals surface area contributed by atoms with E-state index < -0.39 is 12.1 Å². The summed E-state index contributed by atoms with van der Waals surface area (Å²) in [4.78, 5) is 12.9. The first-order valence-corrected chi connectivity index (χ1v) is 8.70. The highest BCUT2D eigenvalue weighted by Gasteiger charge is 2.33. The Labute approximate surface area is 154 Å². The largest absolute Gasteiger partial charge is 0.360 e. The molecule has 1 heterocycles. The predicted molar refractivity (Wildman–Crippen MR) is 96.4 cm³/mol. The Hall–Kier alpha value is -1.44. The molecule has 0 aromatic heterocycles. The minimum atomic E-state index is -0.762. The fourth-order valence-corrected chi connectivity index (χ4v) is 4.18. The zero-order valence-electron chi connectivity index (χ0n) is 12.7. The lowest BCUT2D eigenvalue weighted by molar-refractivity contribution is -0.132. The van der Waals surface area contributed by atoms with Crippen molar-refractivity contribution in [2.24, 2.45) is 0 Å². The topological polar surface area (TPSA) is 64.6 Å². The van der Waals surface area contributed by atoms with Gasteiger partial charge in [-0.15, -0.1) is 0 Å². The van der Waals surface area contributed by atoms with E-state index in [2.05, 4.69) is 5.32 Å². The highest BCUT2D eigenvalue weighted by Crippen LogP contribution is 2.43. The molecule has 24 heavy (non-hydrogen) atoms. The molecule has 1 aliphatic heterocycles. The standard InChI is InChI=1S/C16H15Cl2N3O2S/c1-9-3-2-4-10(5-9)8-21-15(16(22)20-23)19-13-7-11(17)6-12(18)14(13)24-21/h2-7,15,19,23H,8H2,1H3,(H,20,22). The summed E-state index contributed by atoms with van der Waals surface area (Å²) in [5.74, 6) is -0.558. The SMILES string of the molecule is Cc1cccc(CN2Sc3c(Cl)cc(Cl)cc3NC2C(=O)NO)c1. The van der Waals surface area contributed by atoms with Gasteiger partial charge in [0.1, 0.15) is 0 Å². The number of nitrogens with zero attached hydrogens (tertiary/aromatic N) is 1. The van der Waals surface area contributed by atoms with Crippen LogP contribution in [0.4, 0.5) is 5.69 Å². The summed E-state index contributed by atoms with van der Waals surface area (Å²) in [6.45, 7) is 2.51. The van der Waals surface area contributed by atoms with Crippen molar-refractivity contribution in [3.8, 4) is 0 Å². The van der Waals surface area contributed by atoms with Gasteiger partial charge in [-0.05, 0) is 36.6 Å². The van der Waals surface area contributed by atoms with E-state index in [9.17, 15) is 4.79 Å². The summed E-state index contributed by atoms with van der Waals surface area (Å²) >= 11 is 13.7. The molecular formula is C16H15Cl2N3O2S. The maximum absolute atomic E-state index is 12.1. The van der Waals surface area contributed by atoms with Crippen LogP contribution in [-0.2, 0) is 11.3 Å². The third-order valence-electron chi connectivity index (χ3n) is 3.58. The quantitative estimate of drug-likeness (QED) is 0.423. The number of anilines is 1. The van der Waals surface area contributed by atoms with Gasteiger partial charge in [-0.25, -0.2) is 9.79 Å². The lowest BCUT2D eigenvalue weighted by Gasteiger charge is -2.35. The molecule has 5 nitrogen and oxygen atoms in total. The number of fused-ring (bicyclic) bond motifs is 1. The third-order valence-corrected chi connectivity index (χ3v) is 5.40. The van der Waals surface area contributed by atoms with Crippen molar-refractivity contribution in [3.63, 3.8) is 0 Å². The minimum absolute atomic E-state index is 0.474. The number of carbonyl (C=O) groups excluding carboxylic acids is 1. The second-order valence-corrected chi connectivity index (χ2v) is 7.35. The summed E-state index contributed by atoms with van der Waals surface area (Å²) in [6.07, 6.45) is -0.762. The van der Waals surface area contributed by atoms with Crippen molar-refractivity contribution < 1.29 is 10.0 Å². The van der Waals surface area contributed by atoms with Gasteiger partial charge in [0.15, 0.2) is 6.17 Å². The molecule has 3 N–H and O–H groups in total. The molecule has 2 aromatic rings. The number of hydrogen-bond acceptors (Lipinski definition) is 5. The van der Waals surface area contributed by atoms with Crippen LogP contribution >= 0.6 is 35.1 Å². The smallest absolute Gasteiger partial charge is 0.281 e. The normalized spacial score (nSPS) is 17.1. The van der Waals surface area contributed by atoms with Crippen LogP contribution in [-0.4, -0.2) is 21.6 Å². The monoisotopic (exact) mass is 383 g/mol. The fraction of sp³-hybridized carbons (Fsp3) is 0.188. The van der Waals surface area contributed by atoms with Gasteiger partial charge in [0.2, 0.25) is 0 Å². The predicted octanol–water partition coefficient (Wildman–Crippen LogP) is 4.07. The zero-order chi connectivity index (χ0) is 17.3. The van der Waals surface area contributed by atoms with Crippen LogP contribution in [0, 0.1) is 6.92 Å². The summed E-state index contributed by atoms with van der Waals surface area (Å²) in [7, 11) is 0. The molecule has 1 amide bonds. The Morgan fingerprint density at radius 3 is 2.88 bits per heavy atom. The maximum atomic E-state index is 12.1. The third kappa shape index (κ3) is 3.63. The Morgan fingerprint density at radius 1 is 1.38 bits per heavy atom. The molecule has 8 heteroatoms. The van der Waals surface area contributed by atoms with Gasteiger partial charge in [-0.1, -0.05) is 53.0 Å². The molecular weight excluding hydrogens is 369 g/mol. The molecule has 0 fully saturated rings. The number of nitrogens with one attached hydrogen (secondary N) is 2. The molecule has 0 spiro atoms. The van der Waals surface area contributed by atoms with E-state index in [1.807, 2.05) is 35.5 Å². The molecule has 0 radical (unpaired) electrons. The Bertz CT molecular complexity index is 788. The van der Waals surface area contributed by atoms with E-state index in [1.54, 1.807) is 17.6 Å². The molecule has 3 rings (SSSR count). The second-order valence-electron chi connectivity index (χ2n) is 5.44. The van der Waals surface area contributed by atoms with Gasteiger partial charge in [0.05, 0.1) is 15.6 Å². The Morgan fingerprint density at radius 2 is 2.17 bits per heavy atom. The van der Waals surface area contributed by atoms with Gasteiger partial charge in [-0.2, -0.15) is 0 Å². The molecule has 1 unspecified atom stereocenters. The number of benzene rings is 2. The van der Waals surface area contributed by atoms with E-state index in [4.69, 9.17) is 28.4 Å². The van der Waals surface area contributed by atoms with E-state index in [0.717, 1.165) is 16.0 Å². The summed E-state index contributed by atoms with van der Waals surface area (Å²) in [5, 5.41) is 13.1. The molecule has 0 bridgehead atoms. The molecule has 1 aliphatic rings. The van der Waals surface area contributed by atoms with Gasteiger partial charge < -0.3 is 5.32 Å². The van der Waals surface area contributed by atoms with Crippen LogP contribution in [0.1, 0.15) is 11.1 Å². The van der Waals surface area contributed by atoms with Crippen LogP contribution in [0.2, 0.25) is 10.0 Å². The number of carbonyl (C=O) groups is 1. The van der Waals surface area contributed by atoms with Gasteiger partial charge in [0.25, 0.3) is 5.91 Å². The highest BCUT2D eigenvalue weighted by atomic mass is 35.5. The lowest BCUT2D eigenvalue weighted by atomic mass is 10.1. The lowest BCUT2D eigenvalue weighted by Crippen LogP contribution is -2.49. The summed E-state index contributed by atoms with van der Waals surface area (Å²) in [6, 6.07) is 11.4. The van der Waals surface area contributed by atoms with E-state index in [0.29, 0.717) is 22.3 Å². The first-order valence-electron chi connectivity index (χ1n) is 7.17. The number of halogens is 2. The summed E-state index contributed by atoms with van der Waals surface area (Å²) in [5.41, 5.74) is 4.54. The van der Waals surface area contributed by atoms with E-state index >= 15 is 0 Å². The number of hydrogen-bond donors (Lipinski definition) is 3. The number of rotatable bonds is 3. The first-order chi connectivity index (χ1) is 11.5. The average Bonchev–Trinajstić information content (AvgIpc) is 2.54. The van der Waals surface area contributed by atoms with Crippen LogP contribution in [0.25, 0.3) is 0 Å². The van der Waals surface area contributed by atoms with Crippen LogP contribution in [0.5, 0.6) is 0 Å². The highest BCUT2D eigenvalue weighted by molar-refractivity contribution is 7.97. The molecule has 126 valence electrons. The van der Waals surface area contributed by atoms with Gasteiger partial charge in [0, 0.05) is 11.6 Å². The molecule has 1 atom stereocenters. The number of hydroxylamine groups is 1. The first kappa shape index (κ1) is 17.4. The number of amides is 1. The van der Waals surface area contributed by atoms with Crippen molar-refractivity contribution in [2.45, 2.75) is 24.5 Å². The second kappa shape index (κ2) is 7.21. The van der Waals surface area contributed by atoms with Crippen molar-refractivity contribution in [1.82, 2.24) is 9.79 Å². The molecule has 0 saturated heterocycles. The van der Waals surface area contributed by atoms with Crippen molar-refractivity contribution >= 4 is 46.7 Å². The van der Waals surface area contributed by atoms with Crippen molar-refractivity contribution in [1.29, 1.82) is 0 Å². The van der Waals surface area contributed by atoms with Crippen LogP contribution in [0.15, 0.2) is 41.3 Å². The Balaban J connectivity index is 1.94. The maximum Gasteiger partial charge on any atom is 0.281 e.